The Morgan fingerprint density at radius 1 is 1.06 bits per heavy atom. The van der Waals surface area contributed by atoms with Gasteiger partial charge in [-0.05, 0) is 31.4 Å². The lowest BCUT2D eigenvalue weighted by Gasteiger charge is -2.08. The summed E-state index contributed by atoms with van der Waals surface area (Å²) in [5, 5.41) is 0. The van der Waals surface area contributed by atoms with E-state index in [1.807, 2.05) is 0 Å². The molecule has 0 saturated heterocycles. The first kappa shape index (κ1) is 12.9. The molecular formula is C13H18F2O. The Morgan fingerprint density at radius 2 is 1.81 bits per heavy atom. The van der Waals surface area contributed by atoms with Crippen molar-refractivity contribution in [1.82, 2.24) is 0 Å². The number of ether oxygens (including phenoxy) is 1. The van der Waals surface area contributed by atoms with Crippen LogP contribution in [0.15, 0.2) is 12.1 Å². The van der Waals surface area contributed by atoms with Gasteiger partial charge < -0.3 is 4.74 Å². The van der Waals surface area contributed by atoms with Crippen LogP contribution >= 0.6 is 0 Å². The van der Waals surface area contributed by atoms with Crippen LogP contribution < -0.4 is 4.74 Å². The van der Waals surface area contributed by atoms with E-state index in [1.165, 1.54) is 6.07 Å². The third-order valence-corrected chi connectivity index (χ3v) is 2.45. The zero-order chi connectivity index (χ0) is 12.0. The van der Waals surface area contributed by atoms with Gasteiger partial charge in [0, 0.05) is 6.07 Å². The van der Waals surface area contributed by atoms with E-state index < -0.39 is 5.82 Å². The van der Waals surface area contributed by atoms with Crippen molar-refractivity contribution in [3.05, 3.63) is 29.3 Å². The van der Waals surface area contributed by atoms with E-state index in [1.54, 1.807) is 6.92 Å². The third kappa shape index (κ3) is 3.47. The molecule has 1 nitrogen and oxygen atoms in total. The predicted octanol–water partition coefficient (Wildman–Crippen LogP) is 4.10. The summed E-state index contributed by atoms with van der Waals surface area (Å²) in [5.41, 5.74) is 0.439. The summed E-state index contributed by atoms with van der Waals surface area (Å²) in [7, 11) is 0. The minimum Gasteiger partial charge on any atom is -0.491 e. The van der Waals surface area contributed by atoms with Gasteiger partial charge in [0.25, 0.3) is 0 Å². The molecule has 0 aromatic heterocycles. The highest BCUT2D eigenvalue weighted by molar-refractivity contribution is 5.31. The Morgan fingerprint density at radius 3 is 2.44 bits per heavy atom. The summed E-state index contributed by atoms with van der Waals surface area (Å²) in [5.74, 6) is -0.852. The van der Waals surface area contributed by atoms with Crippen LogP contribution in [-0.4, -0.2) is 6.61 Å². The summed E-state index contributed by atoms with van der Waals surface area (Å²) in [6.07, 6.45) is 3.58. The average Bonchev–Trinajstić information content (AvgIpc) is 2.25. The molecule has 1 rings (SSSR count). The molecule has 0 unspecified atom stereocenters. The second-order valence-electron chi connectivity index (χ2n) is 3.76. The minimum absolute atomic E-state index is 0.000702. The smallest absolute Gasteiger partial charge is 0.165 e. The normalized spacial score (nSPS) is 10.5. The molecular weight excluding hydrogens is 210 g/mol. The topological polar surface area (TPSA) is 9.23 Å². The molecule has 0 saturated carbocycles. The van der Waals surface area contributed by atoms with Gasteiger partial charge in [-0.15, -0.1) is 0 Å². The molecule has 90 valence electrons. The van der Waals surface area contributed by atoms with Crippen molar-refractivity contribution in [3.8, 4) is 5.75 Å². The van der Waals surface area contributed by atoms with Crippen molar-refractivity contribution in [1.29, 1.82) is 0 Å². The molecule has 0 radical (unpaired) electrons. The number of hydrogen-bond donors (Lipinski definition) is 0. The Bertz CT molecular complexity index is 337. The van der Waals surface area contributed by atoms with Gasteiger partial charge in [0.1, 0.15) is 5.82 Å². The lowest BCUT2D eigenvalue weighted by atomic mass is 10.1. The van der Waals surface area contributed by atoms with E-state index in [4.69, 9.17) is 4.74 Å². The SMILES string of the molecule is CCCCCc1cc(F)c(OCC)cc1F. The number of unbranched alkanes of at least 4 members (excludes halogenated alkanes) is 2. The van der Waals surface area contributed by atoms with Gasteiger partial charge in [0.05, 0.1) is 6.61 Å². The highest BCUT2D eigenvalue weighted by Gasteiger charge is 2.10. The van der Waals surface area contributed by atoms with Gasteiger partial charge in [0.15, 0.2) is 11.6 Å². The lowest BCUT2D eigenvalue weighted by Crippen LogP contribution is -1.99. The molecule has 0 aliphatic rings. The fourth-order valence-electron chi connectivity index (χ4n) is 1.59. The maximum Gasteiger partial charge on any atom is 0.165 e. The standard InChI is InChI=1S/C13H18F2O/c1-3-5-6-7-10-8-12(15)13(16-4-2)9-11(10)14/h8-9H,3-7H2,1-2H3. The number of benzene rings is 1. The highest BCUT2D eigenvalue weighted by atomic mass is 19.1. The van der Waals surface area contributed by atoms with E-state index in [2.05, 4.69) is 6.92 Å². The van der Waals surface area contributed by atoms with E-state index in [-0.39, 0.29) is 11.6 Å². The molecule has 1 aromatic rings. The summed E-state index contributed by atoms with van der Waals surface area (Å²) in [6, 6.07) is 2.39. The van der Waals surface area contributed by atoms with Crippen molar-refractivity contribution in [3.63, 3.8) is 0 Å². The number of hydrogen-bond acceptors (Lipinski definition) is 1. The first-order valence-corrected chi connectivity index (χ1v) is 5.79. The largest absolute Gasteiger partial charge is 0.491 e. The van der Waals surface area contributed by atoms with Crippen LogP contribution in [0.2, 0.25) is 0 Å². The fraction of sp³-hybridized carbons (Fsp3) is 0.538. The molecule has 0 bridgehead atoms. The van der Waals surface area contributed by atoms with Crippen LogP contribution in [0, 0.1) is 11.6 Å². The highest BCUT2D eigenvalue weighted by Crippen LogP contribution is 2.22. The van der Waals surface area contributed by atoms with Gasteiger partial charge in [-0.1, -0.05) is 19.8 Å². The number of halogens is 2. The van der Waals surface area contributed by atoms with E-state index in [0.29, 0.717) is 18.6 Å². The Balaban J connectivity index is 2.75. The third-order valence-electron chi connectivity index (χ3n) is 2.45. The predicted molar refractivity (Wildman–Crippen MR) is 60.8 cm³/mol. The number of rotatable bonds is 6. The van der Waals surface area contributed by atoms with Crippen LogP contribution in [0.25, 0.3) is 0 Å². The summed E-state index contributed by atoms with van der Waals surface area (Å²) >= 11 is 0. The minimum atomic E-state index is -0.477. The molecule has 0 atom stereocenters. The van der Waals surface area contributed by atoms with Gasteiger partial charge in [-0.25, -0.2) is 8.78 Å². The maximum absolute atomic E-state index is 13.5. The average molecular weight is 228 g/mol. The van der Waals surface area contributed by atoms with Gasteiger partial charge in [-0.3, -0.25) is 0 Å². The Kier molecular flexibility index (Phi) is 5.23. The van der Waals surface area contributed by atoms with Crippen LogP contribution in [0.5, 0.6) is 5.75 Å². The quantitative estimate of drug-likeness (QED) is 0.666. The summed E-state index contributed by atoms with van der Waals surface area (Å²) in [4.78, 5) is 0. The van der Waals surface area contributed by atoms with Crippen molar-refractivity contribution in [2.45, 2.75) is 39.5 Å². The van der Waals surface area contributed by atoms with Gasteiger partial charge >= 0.3 is 0 Å². The van der Waals surface area contributed by atoms with Crippen molar-refractivity contribution < 1.29 is 13.5 Å². The Hall–Kier alpha value is -1.12. The number of aryl methyl sites for hydroxylation is 1. The van der Waals surface area contributed by atoms with Crippen molar-refractivity contribution >= 4 is 0 Å². The molecule has 0 spiro atoms. The molecule has 3 heteroatoms. The molecule has 0 aliphatic heterocycles. The van der Waals surface area contributed by atoms with Crippen LogP contribution in [0.1, 0.15) is 38.7 Å². The zero-order valence-corrected chi connectivity index (χ0v) is 9.85. The lowest BCUT2D eigenvalue weighted by molar-refractivity contribution is 0.318. The molecule has 1 aromatic carbocycles. The molecule has 16 heavy (non-hydrogen) atoms. The van der Waals surface area contributed by atoms with Gasteiger partial charge in [-0.2, -0.15) is 0 Å². The maximum atomic E-state index is 13.5. The molecule has 0 heterocycles. The first-order chi connectivity index (χ1) is 7.69. The second-order valence-corrected chi connectivity index (χ2v) is 3.76. The monoisotopic (exact) mass is 228 g/mol. The first-order valence-electron chi connectivity index (χ1n) is 5.79. The van der Waals surface area contributed by atoms with E-state index in [0.717, 1.165) is 25.3 Å². The summed E-state index contributed by atoms with van der Waals surface area (Å²) in [6.45, 7) is 4.16. The fourth-order valence-corrected chi connectivity index (χ4v) is 1.59. The van der Waals surface area contributed by atoms with Gasteiger partial charge in [0.2, 0.25) is 0 Å². The molecule has 0 fully saturated rings. The van der Waals surface area contributed by atoms with E-state index >= 15 is 0 Å². The zero-order valence-electron chi connectivity index (χ0n) is 9.85. The Labute approximate surface area is 95.4 Å². The van der Waals surface area contributed by atoms with Crippen LogP contribution in [0.3, 0.4) is 0 Å². The van der Waals surface area contributed by atoms with Crippen LogP contribution in [0.4, 0.5) is 8.78 Å². The second kappa shape index (κ2) is 6.46. The molecule has 0 amide bonds. The summed E-state index contributed by atoms with van der Waals surface area (Å²) < 4.78 is 32.0. The molecule has 0 aliphatic carbocycles. The van der Waals surface area contributed by atoms with Crippen molar-refractivity contribution in [2.75, 3.05) is 6.61 Å². The van der Waals surface area contributed by atoms with Crippen molar-refractivity contribution in [2.24, 2.45) is 0 Å². The van der Waals surface area contributed by atoms with Crippen LogP contribution in [-0.2, 0) is 6.42 Å². The van der Waals surface area contributed by atoms with E-state index in [9.17, 15) is 8.78 Å². The molecule has 0 N–H and O–H groups in total.